The topological polar surface area (TPSA) is 61.9 Å². The molecule has 2 aliphatic rings. The monoisotopic (exact) mass is 412 g/mol. The third-order valence-electron chi connectivity index (χ3n) is 5.69. The smallest absolute Gasteiger partial charge is 0.253 e. The van der Waals surface area contributed by atoms with Crippen LogP contribution in [0.3, 0.4) is 0 Å². The SMILES string of the molecule is CC1(c2cccc(C(=O)N3CCN(c4ccccc4F)CC3)c2)CCSC(N)=N1. The molecule has 152 valence electrons. The first-order valence-corrected chi connectivity index (χ1v) is 10.8. The van der Waals surface area contributed by atoms with Gasteiger partial charge in [-0.05, 0) is 43.2 Å². The molecular formula is C22H25FN4OS. The van der Waals surface area contributed by atoms with Crippen LogP contribution < -0.4 is 10.6 Å². The van der Waals surface area contributed by atoms with Gasteiger partial charge in [-0.2, -0.15) is 0 Å². The van der Waals surface area contributed by atoms with Crippen LogP contribution in [0.25, 0.3) is 0 Å². The predicted octanol–water partition coefficient (Wildman–Crippen LogP) is 3.45. The zero-order valence-corrected chi connectivity index (χ0v) is 17.3. The minimum atomic E-state index is -0.394. The van der Waals surface area contributed by atoms with Crippen LogP contribution >= 0.6 is 11.8 Å². The molecule has 1 saturated heterocycles. The largest absolute Gasteiger partial charge is 0.379 e. The molecule has 0 bridgehead atoms. The summed E-state index contributed by atoms with van der Waals surface area (Å²) in [5.74, 6) is 0.701. The summed E-state index contributed by atoms with van der Waals surface area (Å²) in [6.45, 7) is 4.42. The van der Waals surface area contributed by atoms with Crippen LogP contribution in [0, 0.1) is 5.82 Å². The molecule has 2 aromatic rings. The highest BCUT2D eigenvalue weighted by atomic mass is 32.2. The Balaban J connectivity index is 1.47. The third kappa shape index (κ3) is 4.10. The molecule has 7 heteroatoms. The Hall–Kier alpha value is -2.54. The number of hydrogen-bond donors (Lipinski definition) is 1. The van der Waals surface area contributed by atoms with E-state index < -0.39 is 5.54 Å². The van der Waals surface area contributed by atoms with Crippen molar-refractivity contribution in [2.75, 3.05) is 36.8 Å². The number of amidine groups is 1. The number of hydrogen-bond acceptors (Lipinski definition) is 5. The highest BCUT2D eigenvalue weighted by molar-refractivity contribution is 8.13. The second kappa shape index (κ2) is 8.06. The lowest BCUT2D eigenvalue weighted by atomic mass is 9.88. The van der Waals surface area contributed by atoms with Gasteiger partial charge >= 0.3 is 0 Å². The molecular weight excluding hydrogens is 387 g/mol. The first-order valence-electron chi connectivity index (χ1n) is 9.84. The van der Waals surface area contributed by atoms with E-state index in [1.807, 2.05) is 40.1 Å². The first kappa shape index (κ1) is 19.8. The van der Waals surface area contributed by atoms with Crippen molar-refractivity contribution >= 4 is 28.5 Å². The molecule has 0 spiro atoms. The molecule has 0 radical (unpaired) electrons. The van der Waals surface area contributed by atoms with E-state index in [0.717, 1.165) is 17.7 Å². The number of amides is 1. The summed E-state index contributed by atoms with van der Waals surface area (Å²) >= 11 is 1.57. The number of aliphatic imine (C=N–C) groups is 1. The summed E-state index contributed by atoms with van der Waals surface area (Å²) < 4.78 is 14.0. The number of para-hydroxylation sites is 1. The fourth-order valence-corrected chi connectivity index (χ4v) is 4.90. The van der Waals surface area contributed by atoms with Gasteiger partial charge in [-0.15, -0.1) is 0 Å². The molecule has 1 amide bonds. The highest BCUT2D eigenvalue weighted by Gasteiger charge is 2.30. The van der Waals surface area contributed by atoms with Crippen molar-refractivity contribution in [3.63, 3.8) is 0 Å². The highest BCUT2D eigenvalue weighted by Crippen LogP contribution is 2.35. The molecule has 1 atom stereocenters. The van der Waals surface area contributed by atoms with Gasteiger partial charge in [0.1, 0.15) is 5.82 Å². The predicted molar refractivity (Wildman–Crippen MR) is 117 cm³/mol. The first-order chi connectivity index (χ1) is 14.0. The molecule has 2 aliphatic heterocycles. The van der Waals surface area contributed by atoms with Crippen LogP contribution in [-0.4, -0.2) is 47.9 Å². The number of thioether (sulfide) groups is 1. The zero-order chi connectivity index (χ0) is 20.4. The van der Waals surface area contributed by atoms with Crippen molar-refractivity contribution in [3.8, 4) is 0 Å². The van der Waals surface area contributed by atoms with Crippen LogP contribution in [0.2, 0.25) is 0 Å². The lowest BCUT2D eigenvalue weighted by molar-refractivity contribution is 0.0746. The van der Waals surface area contributed by atoms with Crippen LogP contribution in [0.4, 0.5) is 10.1 Å². The van der Waals surface area contributed by atoms with Gasteiger partial charge in [-0.1, -0.05) is 36.0 Å². The van der Waals surface area contributed by atoms with Crippen LogP contribution in [-0.2, 0) is 5.54 Å². The van der Waals surface area contributed by atoms with Crippen LogP contribution in [0.1, 0.15) is 29.3 Å². The Labute approximate surface area is 174 Å². The van der Waals surface area contributed by atoms with E-state index in [1.54, 1.807) is 23.9 Å². The Morgan fingerprint density at radius 1 is 1.14 bits per heavy atom. The van der Waals surface area contributed by atoms with Gasteiger partial charge in [-0.25, -0.2) is 4.39 Å². The minimum absolute atomic E-state index is 0.00534. The number of nitrogens with two attached hydrogens (primary N) is 1. The summed E-state index contributed by atoms with van der Waals surface area (Å²) in [4.78, 5) is 21.6. The maximum absolute atomic E-state index is 14.0. The van der Waals surface area contributed by atoms with Gasteiger partial charge in [0, 0.05) is 37.5 Å². The number of piperazine rings is 1. The van der Waals surface area contributed by atoms with E-state index in [9.17, 15) is 9.18 Å². The fourth-order valence-electron chi connectivity index (χ4n) is 3.92. The Morgan fingerprint density at radius 2 is 1.90 bits per heavy atom. The van der Waals surface area contributed by atoms with Crippen molar-refractivity contribution in [1.82, 2.24) is 4.90 Å². The Morgan fingerprint density at radius 3 is 2.62 bits per heavy atom. The molecule has 2 N–H and O–H groups in total. The maximum Gasteiger partial charge on any atom is 0.253 e. The quantitative estimate of drug-likeness (QED) is 0.839. The summed E-state index contributed by atoms with van der Waals surface area (Å²) in [7, 11) is 0. The van der Waals surface area contributed by atoms with E-state index in [-0.39, 0.29) is 11.7 Å². The number of anilines is 1. The van der Waals surface area contributed by atoms with E-state index in [1.165, 1.54) is 6.07 Å². The zero-order valence-electron chi connectivity index (χ0n) is 16.5. The van der Waals surface area contributed by atoms with Crippen molar-refractivity contribution in [2.24, 2.45) is 10.7 Å². The van der Waals surface area contributed by atoms with Gasteiger partial charge in [0.15, 0.2) is 5.17 Å². The summed E-state index contributed by atoms with van der Waals surface area (Å²) in [5.41, 5.74) is 7.82. The van der Waals surface area contributed by atoms with E-state index >= 15 is 0 Å². The molecule has 5 nitrogen and oxygen atoms in total. The maximum atomic E-state index is 14.0. The molecule has 29 heavy (non-hydrogen) atoms. The second-order valence-corrected chi connectivity index (χ2v) is 8.75. The van der Waals surface area contributed by atoms with Crippen molar-refractivity contribution in [3.05, 3.63) is 65.5 Å². The summed E-state index contributed by atoms with van der Waals surface area (Å²) in [6.07, 6.45) is 0.886. The number of carbonyl (C=O) groups excluding carboxylic acids is 1. The number of benzene rings is 2. The van der Waals surface area contributed by atoms with Gasteiger partial charge < -0.3 is 15.5 Å². The molecule has 2 heterocycles. The summed E-state index contributed by atoms with van der Waals surface area (Å²) in [5, 5.41) is 0.597. The molecule has 1 unspecified atom stereocenters. The average Bonchev–Trinajstić information content (AvgIpc) is 2.74. The second-order valence-electron chi connectivity index (χ2n) is 7.63. The molecule has 0 aromatic heterocycles. The van der Waals surface area contributed by atoms with E-state index in [0.29, 0.717) is 42.6 Å². The minimum Gasteiger partial charge on any atom is -0.379 e. The van der Waals surface area contributed by atoms with Gasteiger partial charge in [0.25, 0.3) is 5.91 Å². The molecule has 0 aliphatic carbocycles. The number of carbonyl (C=O) groups is 1. The van der Waals surface area contributed by atoms with Crippen molar-refractivity contribution in [1.29, 1.82) is 0 Å². The van der Waals surface area contributed by atoms with Gasteiger partial charge in [0.2, 0.25) is 0 Å². The van der Waals surface area contributed by atoms with Gasteiger partial charge in [0.05, 0.1) is 11.2 Å². The van der Waals surface area contributed by atoms with Crippen molar-refractivity contribution in [2.45, 2.75) is 18.9 Å². The summed E-state index contributed by atoms with van der Waals surface area (Å²) in [6, 6.07) is 14.5. The van der Waals surface area contributed by atoms with Crippen molar-refractivity contribution < 1.29 is 9.18 Å². The normalized spacial score (nSPS) is 22.3. The lowest BCUT2D eigenvalue weighted by Crippen LogP contribution is -2.49. The van der Waals surface area contributed by atoms with E-state index in [2.05, 4.69) is 11.9 Å². The van der Waals surface area contributed by atoms with Gasteiger partial charge in [-0.3, -0.25) is 9.79 Å². The standard InChI is InChI=1S/C22H25FN4OS/c1-22(9-14-29-21(24)25-22)17-6-4-5-16(15-17)20(28)27-12-10-26(11-13-27)19-8-3-2-7-18(19)23/h2-8,15H,9-14H2,1H3,(H2,24,25). The fraction of sp³-hybridized carbons (Fsp3) is 0.364. The number of nitrogens with zero attached hydrogens (tertiary/aromatic N) is 3. The average molecular weight is 413 g/mol. The molecule has 4 rings (SSSR count). The Bertz CT molecular complexity index is 942. The van der Waals surface area contributed by atoms with Crippen LogP contribution in [0.15, 0.2) is 53.5 Å². The number of rotatable bonds is 3. The van der Waals surface area contributed by atoms with E-state index in [4.69, 9.17) is 5.73 Å². The Kier molecular flexibility index (Phi) is 5.50. The van der Waals surface area contributed by atoms with Crippen LogP contribution in [0.5, 0.6) is 0 Å². The molecule has 2 aromatic carbocycles. The molecule has 0 saturated carbocycles. The molecule has 1 fully saturated rings. The lowest BCUT2D eigenvalue weighted by Gasteiger charge is -2.36. The number of halogens is 1. The third-order valence-corrected chi connectivity index (χ3v) is 6.48.